The van der Waals surface area contributed by atoms with Gasteiger partial charge in [-0.3, -0.25) is 9.59 Å². The molecule has 4 atom stereocenters. The van der Waals surface area contributed by atoms with Crippen LogP contribution in [0.3, 0.4) is 0 Å². The van der Waals surface area contributed by atoms with E-state index in [2.05, 4.69) is 0 Å². The van der Waals surface area contributed by atoms with Gasteiger partial charge in [0.1, 0.15) is 12.2 Å². The van der Waals surface area contributed by atoms with Gasteiger partial charge in [0.2, 0.25) is 5.78 Å². The number of hydrogen-bond donors (Lipinski definition) is 0. The standard InChI is InChI=1S/C22H24F2O5/c1-2-3-11-22(23,24)19(25)10-9-15-16-12-20(26)28-18(16)13-17(15)29-21(27)14-7-5-4-6-8-14/h4-10,15-18H,2-3,11-13H2,1H3/b10-9+/t15-,16-,17-,18?/m1/s1. The number of alkyl halides is 2. The molecule has 1 saturated carbocycles. The molecule has 3 rings (SSSR count). The molecule has 0 amide bonds. The maximum atomic E-state index is 14.0. The van der Waals surface area contributed by atoms with E-state index in [-0.39, 0.29) is 31.1 Å². The second-order valence-electron chi connectivity index (χ2n) is 7.55. The third-order valence-corrected chi connectivity index (χ3v) is 5.49. The summed E-state index contributed by atoms with van der Waals surface area (Å²) in [7, 11) is 0. The van der Waals surface area contributed by atoms with Crippen molar-refractivity contribution < 1.29 is 32.6 Å². The van der Waals surface area contributed by atoms with Gasteiger partial charge in [-0.1, -0.05) is 37.6 Å². The molecule has 29 heavy (non-hydrogen) atoms. The van der Waals surface area contributed by atoms with Crippen LogP contribution in [-0.2, 0) is 19.1 Å². The number of esters is 2. The van der Waals surface area contributed by atoms with Gasteiger partial charge in [0.25, 0.3) is 0 Å². The fraction of sp³-hybridized carbons (Fsp3) is 0.500. The molecule has 1 saturated heterocycles. The van der Waals surface area contributed by atoms with Crippen molar-refractivity contribution in [2.45, 2.75) is 57.2 Å². The van der Waals surface area contributed by atoms with Crippen molar-refractivity contribution in [2.24, 2.45) is 11.8 Å². The maximum Gasteiger partial charge on any atom is 0.338 e. The van der Waals surface area contributed by atoms with Gasteiger partial charge in [-0.05, 0) is 24.6 Å². The van der Waals surface area contributed by atoms with E-state index in [0.29, 0.717) is 12.0 Å². The Kier molecular flexibility index (Phi) is 6.45. The number of carbonyl (C=O) groups excluding carboxylic acids is 3. The lowest BCUT2D eigenvalue weighted by Crippen LogP contribution is -2.28. The summed E-state index contributed by atoms with van der Waals surface area (Å²) in [5, 5.41) is 0. The molecule has 0 spiro atoms. The van der Waals surface area contributed by atoms with Gasteiger partial charge < -0.3 is 9.47 Å². The zero-order valence-electron chi connectivity index (χ0n) is 16.2. The third kappa shape index (κ3) is 4.89. The number of ether oxygens (including phenoxy) is 2. The number of fused-ring (bicyclic) bond motifs is 1. The van der Waals surface area contributed by atoms with E-state index < -0.39 is 42.2 Å². The summed E-state index contributed by atoms with van der Waals surface area (Å²) >= 11 is 0. The number of allylic oxidation sites excluding steroid dienone is 1. The largest absolute Gasteiger partial charge is 0.462 e. The summed E-state index contributed by atoms with van der Waals surface area (Å²) in [6.45, 7) is 1.78. The highest BCUT2D eigenvalue weighted by atomic mass is 19.3. The minimum absolute atomic E-state index is 0.111. The van der Waals surface area contributed by atoms with Crippen LogP contribution in [0.2, 0.25) is 0 Å². The van der Waals surface area contributed by atoms with Crippen LogP contribution in [0.1, 0.15) is 49.4 Å². The molecule has 1 aromatic rings. The first kappa shape index (κ1) is 21.1. The van der Waals surface area contributed by atoms with E-state index in [1.807, 2.05) is 0 Å². The molecule has 5 nitrogen and oxygen atoms in total. The minimum atomic E-state index is -3.43. The number of ketones is 1. The zero-order valence-corrected chi connectivity index (χ0v) is 16.2. The summed E-state index contributed by atoms with van der Waals surface area (Å²) in [4.78, 5) is 36.0. The molecule has 0 radical (unpaired) electrons. The summed E-state index contributed by atoms with van der Waals surface area (Å²) in [5.41, 5.74) is 0.367. The second kappa shape index (κ2) is 8.84. The molecular formula is C22H24F2O5. The van der Waals surface area contributed by atoms with E-state index in [1.54, 1.807) is 37.3 Å². The molecule has 1 aliphatic heterocycles. The number of unbranched alkanes of at least 4 members (excludes halogenated alkanes) is 1. The van der Waals surface area contributed by atoms with Gasteiger partial charge in [0, 0.05) is 24.7 Å². The predicted octanol–water partition coefficient (Wildman–Crippen LogP) is 4.11. The van der Waals surface area contributed by atoms with Crippen LogP contribution >= 0.6 is 0 Å². The van der Waals surface area contributed by atoms with Gasteiger partial charge in [0.15, 0.2) is 0 Å². The van der Waals surface area contributed by atoms with Gasteiger partial charge in [-0.2, -0.15) is 8.78 Å². The smallest absolute Gasteiger partial charge is 0.338 e. The van der Waals surface area contributed by atoms with Crippen molar-refractivity contribution in [3.8, 4) is 0 Å². The number of halogens is 2. The molecule has 1 aliphatic carbocycles. The average molecular weight is 406 g/mol. The number of benzene rings is 1. The second-order valence-corrected chi connectivity index (χ2v) is 7.55. The Morgan fingerprint density at radius 1 is 1.28 bits per heavy atom. The quantitative estimate of drug-likeness (QED) is 0.480. The Morgan fingerprint density at radius 2 is 2.00 bits per heavy atom. The molecule has 0 aromatic heterocycles. The lowest BCUT2D eigenvalue weighted by Gasteiger charge is -2.20. The van der Waals surface area contributed by atoms with Crippen molar-refractivity contribution in [3.63, 3.8) is 0 Å². The molecule has 7 heteroatoms. The molecule has 1 aromatic carbocycles. The molecule has 1 unspecified atom stereocenters. The van der Waals surface area contributed by atoms with Crippen molar-refractivity contribution >= 4 is 17.7 Å². The third-order valence-electron chi connectivity index (χ3n) is 5.49. The Bertz CT molecular complexity index is 790. The highest BCUT2D eigenvalue weighted by molar-refractivity contribution is 5.95. The SMILES string of the molecule is CCCCC(F)(F)C(=O)/C=C/[C@H]1[C@H](OC(=O)c2ccccc2)CC2OC(=O)C[C@@H]21. The summed E-state index contributed by atoms with van der Waals surface area (Å²) in [6.07, 6.45) is 1.84. The molecule has 0 bridgehead atoms. The van der Waals surface area contributed by atoms with Crippen molar-refractivity contribution in [1.82, 2.24) is 0 Å². The normalized spacial score (nSPS) is 26.4. The number of carbonyl (C=O) groups is 3. The average Bonchev–Trinajstić information content (AvgIpc) is 3.20. The minimum Gasteiger partial charge on any atom is -0.462 e. The van der Waals surface area contributed by atoms with Crippen LogP contribution in [0.5, 0.6) is 0 Å². The van der Waals surface area contributed by atoms with Crippen LogP contribution in [0.25, 0.3) is 0 Å². The van der Waals surface area contributed by atoms with Crippen LogP contribution in [0.15, 0.2) is 42.5 Å². The van der Waals surface area contributed by atoms with E-state index in [0.717, 1.165) is 6.08 Å². The molecule has 2 fully saturated rings. The molecule has 156 valence electrons. The molecule has 1 heterocycles. The van der Waals surface area contributed by atoms with Crippen LogP contribution in [0, 0.1) is 11.8 Å². The number of rotatable bonds is 8. The van der Waals surface area contributed by atoms with E-state index in [1.165, 1.54) is 6.08 Å². The van der Waals surface area contributed by atoms with Crippen molar-refractivity contribution in [2.75, 3.05) is 0 Å². The topological polar surface area (TPSA) is 69.7 Å². The van der Waals surface area contributed by atoms with E-state index in [4.69, 9.17) is 9.47 Å². The highest BCUT2D eigenvalue weighted by Crippen LogP contribution is 2.43. The van der Waals surface area contributed by atoms with Gasteiger partial charge in [-0.25, -0.2) is 4.79 Å². The Labute approximate surface area is 168 Å². The summed E-state index contributed by atoms with van der Waals surface area (Å²) in [5.74, 6) is -6.45. The Morgan fingerprint density at radius 3 is 2.69 bits per heavy atom. The summed E-state index contributed by atoms with van der Waals surface area (Å²) in [6, 6.07) is 8.40. The van der Waals surface area contributed by atoms with Crippen molar-refractivity contribution in [1.29, 1.82) is 0 Å². The van der Waals surface area contributed by atoms with Crippen LogP contribution < -0.4 is 0 Å². The fourth-order valence-electron chi connectivity index (χ4n) is 3.91. The number of hydrogen-bond acceptors (Lipinski definition) is 5. The lowest BCUT2D eigenvalue weighted by molar-refractivity contribution is -0.142. The van der Waals surface area contributed by atoms with E-state index in [9.17, 15) is 23.2 Å². The van der Waals surface area contributed by atoms with Gasteiger partial charge in [0.05, 0.1) is 12.0 Å². The zero-order chi connectivity index (χ0) is 21.0. The van der Waals surface area contributed by atoms with Crippen LogP contribution in [0.4, 0.5) is 8.78 Å². The predicted molar refractivity (Wildman–Crippen MR) is 100 cm³/mol. The molecular weight excluding hydrogens is 382 g/mol. The fourth-order valence-corrected chi connectivity index (χ4v) is 3.91. The van der Waals surface area contributed by atoms with Crippen molar-refractivity contribution in [3.05, 3.63) is 48.0 Å². The van der Waals surface area contributed by atoms with E-state index >= 15 is 0 Å². The summed E-state index contributed by atoms with van der Waals surface area (Å²) < 4.78 is 38.8. The molecule has 2 aliphatic rings. The first-order valence-electron chi connectivity index (χ1n) is 9.87. The first-order valence-corrected chi connectivity index (χ1v) is 9.87. The Hall–Kier alpha value is -2.57. The van der Waals surface area contributed by atoms with Gasteiger partial charge in [-0.15, -0.1) is 0 Å². The lowest BCUT2D eigenvalue weighted by atomic mass is 9.91. The molecule has 0 N–H and O–H groups in total. The first-order chi connectivity index (χ1) is 13.8. The Balaban J connectivity index is 1.74. The van der Waals surface area contributed by atoms with Gasteiger partial charge >= 0.3 is 17.9 Å². The monoisotopic (exact) mass is 406 g/mol. The van der Waals surface area contributed by atoms with Crippen LogP contribution in [-0.4, -0.2) is 35.9 Å². The maximum absolute atomic E-state index is 14.0. The highest BCUT2D eigenvalue weighted by Gasteiger charge is 2.51.